The van der Waals surface area contributed by atoms with Crippen LogP contribution in [0.1, 0.15) is 24.9 Å². The van der Waals surface area contributed by atoms with Crippen LogP contribution in [0.15, 0.2) is 35.5 Å². The highest BCUT2D eigenvalue weighted by atomic mass is 32.1. The Morgan fingerprint density at radius 3 is 2.92 bits per heavy atom. The minimum absolute atomic E-state index is 0.120. The van der Waals surface area contributed by atoms with E-state index in [2.05, 4.69) is 23.6 Å². The minimum Gasteiger partial charge on any atom is -0.463 e. The fourth-order valence-corrected chi connectivity index (χ4v) is 3.93. The molecule has 2 aromatic rings. The highest BCUT2D eigenvalue weighted by Gasteiger charge is 2.28. The van der Waals surface area contributed by atoms with Crippen molar-refractivity contribution in [1.29, 1.82) is 0 Å². The van der Waals surface area contributed by atoms with Crippen molar-refractivity contribution in [2.75, 3.05) is 26.7 Å². The average molecular weight is 375 g/mol. The molecule has 1 unspecified atom stereocenters. The predicted octanol–water partition coefficient (Wildman–Crippen LogP) is 1.00. The Morgan fingerprint density at radius 2 is 2.19 bits per heavy atom. The maximum absolute atomic E-state index is 12.2. The van der Waals surface area contributed by atoms with Crippen LogP contribution in [0.2, 0.25) is 0 Å². The summed E-state index contributed by atoms with van der Waals surface area (Å²) < 4.78 is 6.26. The number of nitrogens with zero attached hydrogens (tertiary/aromatic N) is 1. The second-order valence-electron chi connectivity index (χ2n) is 6.25. The van der Waals surface area contributed by atoms with Crippen molar-refractivity contribution < 1.29 is 19.2 Å². The summed E-state index contributed by atoms with van der Waals surface area (Å²) in [6.45, 7) is 4.84. The molecule has 1 aromatic heterocycles. The van der Waals surface area contributed by atoms with Gasteiger partial charge in [0.1, 0.15) is 12.6 Å². The fraction of sp³-hybridized carbons (Fsp3) is 0.389. The number of carbonyl (C=O) groups is 2. The van der Waals surface area contributed by atoms with Gasteiger partial charge in [-0.05, 0) is 26.0 Å². The van der Waals surface area contributed by atoms with E-state index in [1.807, 2.05) is 25.2 Å². The molecular weight excluding hydrogens is 352 g/mol. The predicted molar refractivity (Wildman–Crippen MR) is 100.0 cm³/mol. The van der Waals surface area contributed by atoms with Crippen LogP contribution in [0.3, 0.4) is 0 Å². The molecule has 2 amide bonds. The molecule has 0 saturated heterocycles. The van der Waals surface area contributed by atoms with Crippen LogP contribution < -0.4 is 15.5 Å². The van der Waals surface area contributed by atoms with Crippen LogP contribution in [-0.2, 0) is 9.53 Å². The van der Waals surface area contributed by atoms with E-state index in [-0.39, 0.29) is 18.6 Å². The quantitative estimate of drug-likeness (QED) is 0.658. The van der Waals surface area contributed by atoms with Gasteiger partial charge in [0.2, 0.25) is 0 Å². The Labute approximate surface area is 156 Å². The van der Waals surface area contributed by atoms with Gasteiger partial charge in [0.05, 0.1) is 41.7 Å². The number of quaternary nitrogens is 1. The Hall–Kier alpha value is -2.45. The molecule has 0 radical (unpaired) electrons. The number of thiazole rings is 1. The third-order valence-electron chi connectivity index (χ3n) is 4.45. The molecule has 7 nitrogen and oxygen atoms in total. The van der Waals surface area contributed by atoms with Gasteiger partial charge in [0.25, 0.3) is 0 Å². The summed E-state index contributed by atoms with van der Waals surface area (Å²) in [5, 5.41) is 6.42. The summed E-state index contributed by atoms with van der Waals surface area (Å²) in [4.78, 5) is 29.7. The molecule has 0 fully saturated rings. The van der Waals surface area contributed by atoms with Crippen molar-refractivity contribution >= 4 is 33.6 Å². The third kappa shape index (κ3) is 3.86. The van der Waals surface area contributed by atoms with Gasteiger partial charge in [-0.25, -0.2) is 14.6 Å². The normalized spacial score (nSPS) is 16.8. The summed E-state index contributed by atoms with van der Waals surface area (Å²) >= 11 is 1.67. The van der Waals surface area contributed by atoms with E-state index in [9.17, 15) is 9.59 Å². The number of rotatable bonds is 6. The largest absolute Gasteiger partial charge is 0.463 e. The second-order valence-corrected chi connectivity index (χ2v) is 7.31. The molecular formula is C18H23N4O3S+. The number of esters is 1. The summed E-state index contributed by atoms with van der Waals surface area (Å²) in [5.74, 6) is -0.393. The molecule has 0 spiro atoms. The van der Waals surface area contributed by atoms with Gasteiger partial charge in [-0.3, -0.25) is 0 Å². The number of amides is 2. The highest BCUT2D eigenvalue weighted by Crippen LogP contribution is 2.24. The number of likely N-dealkylation sites (N-methyl/N-ethyl adjacent to an activating group) is 1. The maximum atomic E-state index is 12.2. The van der Waals surface area contributed by atoms with E-state index >= 15 is 0 Å². The number of urea groups is 1. The summed E-state index contributed by atoms with van der Waals surface area (Å²) in [6.07, 6.45) is 0. The number of aromatic nitrogens is 1. The van der Waals surface area contributed by atoms with Gasteiger partial charge in [-0.15, -0.1) is 11.3 Å². The Morgan fingerprint density at radius 1 is 1.42 bits per heavy atom. The molecule has 138 valence electrons. The molecule has 3 rings (SSSR count). The third-order valence-corrected chi connectivity index (χ3v) is 5.67. The van der Waals surface area contributed by atoms with Crippen LogP contribution >= 0.6 is 11.3 Å². The molecule has 2 heterocycles. The molecule has 0 aliphatic carbocycles. The van der Waals surface area contributed by atoms with Gasteiger partial charge >= 0.3 is 12.0 Å². The number of fused-ring (bicyclic) bond motifs is 1. The van der Waals surface area contributed by atoms with Crippen molar-refractivity contribution in [2.45, 2.75) is 19.9 Å². The van der Waals surface area contributed by atoms with Crippen LogP contribution in [-0.4, -0.2) is 43.7 Å². The topological polar surface area (TPSA) is 84.8 Å². The lowest BCUT2D eigenvalue weighted by atomic mass is 10.1. The molecule has 1 aliphatic rings. The van der Waals surface area contributed by atoms with Crippen LogP contribution in [0, 0.1) is 0 Å². The first kappa shape index (κ1) is 18.3. The zero-order valence-corrected chi connectivity index (χ0v) is 15.9. The maximum Gasteiger partial charge on any atom is 0.337 e. The molecule has 1 aromatic carbocycles. The van der Waals surface area contributed by atoms with Gasteiger partial charge in [0.15, 0.2) is 5.01 Å². The number of hydrogen-bond donors (Lipinski definition) is 3. The summed E-state index contributed by atoms with van der Waals surface area (Å²) in [5.41, 5.74) is 2.08. The first-order valence-corrected chi connectivity index (χ1v) is 9.43. The number of benzene rings is 1. The molecule has 26 heavy (non-hydrogen) atoms. The van der Waals surface area contributed by atoms with Crippen molar-refractivity contribution in [2.24, 2.45) is 0 Å². The van der Waals surface area contributed by atoms with Crippen molar-refractivity contribution in [3.05, 3.63) is 40.5 Å². The lowest BCUT2D eigenvalue weighted by Gasteiger charge is -2.25. The number of para-hydroxylation sites is 1. The molecule has 1 aliphatic heterocycles. The Kier molecular flexibility index (Phi) is 5.53. The first-order chi connectivity index (χ1) is 12.5. The van der Waals surface area contributed by atoms with E-state index in [1.54, 1.807) is 18.3 Å². The first-order valence-electron chi connectivity index (χ1n) is 8.61. The van der Waals surface area contributed by atoms with E-state index in [0.29, 0.717) is 24.4 Å². The lowest BCUT2D eigenvalue weighted by Crippen LogP contribution is -3.09. The Bertz CT molecular complexity index is 828. The van der Waals surface area contributed by atoms with Crippen LogP contribution in [0.25, 0.3) is 10.2 Å². The smallest absolute Gasteiger partial charge is 0.337 e. The van der Waals surface area contributed by atoms with Crippen LogP contribution in [0.4, 0.5) is 4.79 Å². The van der Waals surface area contributed by atoms with E-state index in [1.165, 1.54) is 0 Å². The van der Waals surface area contributed by atoms with Crippen molar-refractivity contribution in [3.8, 4) is 0 Å². The molecule has 8 heteroatoms. The number of hydrogen-bond acceptors (Lipinski definition) is 5. The number of nitrogens with one attached hydrogen (secondary N) is 3. The average Bonchev–Trinajstić information content (AvgIpc) is 3.05. The minimum atomic E-state index is -0.393. The van der Waals surface area contributed by atoms with Gasteiger partial charge in [0, 0.05) is 0 Å². The van der Waals surface area contributed by atoms with Gasteiger partial charge < -0.3 is 20.3 Å². The van der Waals surface area contributed by atoms with Crippen LogP contribution in [0.5, 0.6) is 0 Å². The fourth-order valence-electron chi connectivity index (χ4n) is 2.81. The number of carbonyl (C=O) groups excluding carboxylic acids is 2. The zero-order valence-electron chi connectivity index (χ0n) is 15.1. The van der Waals surface area contributed by atoms with Crippen molar-refractivity contribution in [3.63, 3.8) is 0 Å². The Balaban J connectivity index is 1.80. The SMILES string of the molecule is CCOC(=O)C1=C(C[NH+](C)[C@@H](C)c2nc3ccccc3s2)NC(=O)NC1. The molecule has 3 N–H and O–H groups in total. The molecule has 2 atom stereocenters. The monoisotopic (exact) mass is 375 g/mol. The number of ether oxygens (including phenoxy) is 1. The van der Waals surface area contributed by atoms with E-state index in [0.717, 1.165) is 20.1 Å². The standard InChI is InChI=1S/C18H22N4O3S/c1-4-25-17(23)12-9-19-18(24)21-14(12)10-22(3)11(2)16-20-13-7-5-6-8-15(13)26-16/h5-8,11H,4,9-10H2,1-3H3,(H2,19,21,24)/p+1/t11-/m0/s1. The van der Waals surface area contributed by atoms with Gasteiger partial charge in [-0.1, -0.05) is 12.1 Å². The zero-order chi connectivity index (χ0) is 18.7. The van der Waals surface area contributed by atoms with E-state index < -0.39 is 5.97 Å². The molecule has 0 bridgehead atoms. The van der Waals surface area contributed by atoms with Gasteiger partial charge in [-0.2, -0.15) is 0 Å². The lowest BCUT2D eigenvalue weighted by molar-refractivity contribution is -0.905. The second kappa shape index (κ2) is 7.84. The highest BCUT2D eigenvalue weighted by molar-refractivity contribution is 7.18. The van der Waals surface area contributed by atoms with Crippen molar-refractivity contribution in [1.82, 2.24) is 15.6 Å². The van der Waals surface area contributed by atoms with E-state index in [4.69, 9.17) is 9.72 Å². The molecule has 0 saturated carbocycles. The summed E-state index contributed by atoms with van der Waals surface area (Å²) in [6, 6.07) is 7.88. The summed E-state index contributed by atoms with van der Waals surface area (Å²) in [7, 11) is 2.03.